The quantitative estimate of drug-likeness (QED) is 0.775. The van der Waals surface area contributed by atoms with Crippen LogP contribution < -0.4 is 14.8 Å². The highest BCUT2D eigenvalue weighted by Gasteiger charge is 2.31. The predicted octanol–water partition coefficient (Wildman–Crippen LogP) is 2.54. The average molecular weight is 342 g/mol. The maximum absolute atomic E-state index is 11.0. The van der Waals surface area contributed by atoms with Gasteiger partial charge in [-0.25, -0.2) is 0 Å². The van der Waals surface area contributed by atoms with E-state index in [1.165, 1.54) is 11.8 Å². The smallest absolute Gasteiger partial charge is 0.321 e. The molecule has 1 heterocycles. The lowest BCUT2D eigenvalue weighted by molar-refractivity contribution is -0.138. The number of aliphatic carboxylic acids is 1. The molecule has 7 heteroatoms. The largest absolute Gasteiger partial charge is 0.490 e. The van der Waals surface area contributed by atoms with Crippen molar-refractivity contribution in [2.24, 2.45) is 0 Å². The zero-order chi connectivity index (χ0) is 16.1. The first-order valence-electron chi connectivity index (χ1n) is 6.69. The summed E-state index contributed by atoms with van der Waals surface area (Å²) in [7, 11) is 0. The van der Waals surface area contributed by atoms with Gasteiger partial charge >= 0.3 is 5.97 Å². The van der Waals surface area contributed by atoms with Gasteiger partial charge in [-0.3, -0.25) is 10.1 Å². The van der Waals surface area contributed by atoms with Crippen molar-refractivity contribution in [3.05, 3.63) is 22.7 Å². The summed E-state index contributed by atoms with van der Waals surface area (Å²) in [6, 6.07) is 2.97. The van der Waals surface area contributed by atoms with Crippen molar-refractivity contribution in [1.82, 2.24) is 5.32 Å². The molecule has 0 amide bonds. The second-order valence-corrected chi connectivity index (χ2v) is 6.07. The molecule has 1 aliphatic heterocycles. The summed E-state index contributed by atoms with van der Waals surface area (Å²) in [5.41, 5.74) is 0.843. The normalized spacial score (nSPS) is 20.4. The molecule has 2 N–H and O–H groups in total. The van der Waals surface area contributed by atoms with Gasteiger partial charge in [-0.1, -0.05) is 17.5 Å². The number of rotatable bonds is 6. The number of carboxylic acid groups (broad SMARTS) is 1. The highest BCUT2D eigenvalue weighted by molar-refractivity contribution is 7.99. The Morgan fingerprint density at radius 3 is 2.95 bits per heavy atom. The van der Waals surface area contributed by atoms with Crippen LogP contribution in [0.2, 0.25) is 5.02 Å². The van der Waals surface area contributed by atoms with Gasteiger partial charge < -0.3 is 14.6 Å². The molecule has 1 aromatic rings. The second-order valence-electron chi connectivity index (χ2n) is 4.53. The molecule has 0 radical (unpaired) electrons. The molecular weight excluding hydrogens is 326 g/mol. The van der Waals surface area contributed by atoms with Gasteiger partial charge in [0.05, 0.1) is 17.0 Å². The molecule has 22 heavy (non-hydrogen) atoms. The van der Waals surface area contributed by atoms with Crippen LogP contribution in [0.1, 0.15) is 17.9 Å². The maximum atomic E-state index is 11.0. The van der Waals surface area contributed by atoms with Gasteiger partial charge in [0.25, 0.3) is 0 Å². The van der Waals surface area contributed by atoms with E-state index in [-0.39, 0.29) is 12.0 Å². The third-order valence-electron chi connectivity index (χ3n) is 3.01. The average Bonchev–Trinajstić information content (AvgIpc) is 2.96. The van der Waals surface area contributed by atoms with Crippen LogP contribution >= 0.6 is 23.4 Å². The molecular formula is C15H16ClNO4S. The number of hydrogen-bond acceptors (Lipinski definition) is 5. The summed E-state index contributed by atoms with van der Waals surface area (Å²) in [6.45, 7) is 2.40. The Labute approximate surface area is 138 Å². The van der Waals surface area contributed by atoms with Crippen LogP contribution in [-0.4, -0.2) is 36.1 Å². The molecule has 118 valence electrons. The lowest BCUT2D eigenvalue weighted by Gasteiger charge is -2.17. The molecule has 0 unspecified atom stereocenters. The minimum Gasteiger partial charge on any atom is -0.490 e. The van der Waals surface area contributed by atoms with Crippen LogP contribution in [0.25, 0.3) is 0 Å². The molecule has 5 nitrogen and oxygen atoms in total. The van der Waals surface area contributed by atoms with Crippen molar-refractivity contribution in [3.8, 4) is 23.8 Å². The van der Waals surface area contributed by atoms with Gasteiger partial charge in [0, 0.05) is 5.75 Å². The van der Waals surface area contributed by atoms with Crippen LogP contribution in [0, 0.1) is 12.3 Å². The fraction of sp³-hybridized carbons (Fsp3) is 0.400. The molecule has 0 bridgehead atoms. The van der Waals surface area contributed by atoms with E-state index in [2.05, 4.69) is 11.2 Å². The number of carbonyl (C=O) groups is 1. The van der Waals surface area contributed by atoms with E-state index in [4.69, 9.17) is 32.6 Å². The van der Waals surface area contributed by atoms with Crippen molar-refractivity contribution >= 4 is 29.3 Å². The predicted molar refractivity (Wildman–Crippen MR) is 86.7 cm³/mol. The molecule has 2 rings (SSSR count). The zero-order valence-electron chi connectivity index (χ0n) is 12.0. The third-order valence-corrected chi connectivity index (χ3v) is 4.56. The summed E-state index contributed by atoms with van der Waals surface area (Å²) in [6.07, 6.45) is 5.20. The van der Waals surface area contributed by atoms with Crippen LogP contribution in [0.15, 0.2) is 12.1 Å². The fourth-order valence-electron chi connectivity index (χ4n) is 2.06. The standard InChI is InChI=1S/C15H16ClNO4S/c1-3-5-21-13-10(16)6-9(7-12(13)20-4-2)14-17-11(8-22-14)15(18)19/h1,6-7,11,14,17H,4-5,8H2,2H3,(H,18,19)/t11-,14-/m0/s1. The van der Waals surface area contributed by atoms with E-state index in [0.29, 0.717) is 28.9 Å². The van der Waals surface area contributed by atoms with Crippen molar-refractivity contribution in [2.45, 2.75) is 18.3 Å². The molecule has 0 aliphatic carbocycles. The van der Waals surface area contributed by atoms with Gasteiger partial charge in [-0.2, -0.15) is 0 Å². The number of benzene rings is 1. The molecule has 0 spiro atoms. The Bertz CT molecular complexity index is 602. The van der Waals surface area contributed by atoms with Gasteiger partial charge in [0.1, 0.15) is 12.6 Å². The Balaban J connectivity index is 2.26. The van der Waals surface area contributed by atoms with E-state index in [9.17, 15) is 4.79 Å². The minimum absolute atomic E-state index is 0.0939. The van der Waals surface area contributed by atoms with Gasteiger partial charge in [-0.05, 0) is 24.6 Å². The molecule has 1 aliphatic rings. The lowest BCUT2D eigenvalue weighted by atomic mass is 10.2. The molecule has 0 aromatic heterocycles. The Hall–Kier alpha value is -1.55. The molecule has 0 saturated carbocycles. The van der Waals surface area contributed by atoms with Crippen molar-refractivity contribution in [2.75, 3.05) is 19.0 Å². The summed E-state index contributed by atoms with van der Waals surface area (Å²) in [4.78, 5) is 11.0. The second kappa shape index (κ2) is 7.63. The fourth-order valence-corrected chi connectivity index (χ4v) is 3.55. The Morgan fingerprint density at radius 2 is 2.36 bits per heavy atom. The number of terminal acetylenes is 1. The molecule has 2 atom stereocenters. The first-order valence-corrected chi connectivity index (χ1v) is 8.12. The topological polar surface area (TPSA) is 67.8 Å². The maximum Gasteiger partial charge on any atom is 0.321 e. The van der Waals surface area contributed by atoms with Crippen molar-refractivity contribution in [3.63, 3.8) is 0 Å². The Morgan fingerprint density at radius 1 is 1.59 bits per heavy atom. The van der Waals surface area contributed by atoms with Crippen molar-refractivity contribution in [1.29, 1.82) is 0 Å². The third kappa shape index (κ3) is 3.80. The van der Waals surface area contributed by atoms with E-state index in [1.54, 1.807) is 12.1 Å². The van der Waals surface area contributed by atoms with E-state index in [1.807, 2.05) is 6.92 Å². The van der Waals surface area contributed by atoms with Crippen molar-refractivity contribution < 1.29 is 19.4 Å². The number of ether oxygens (including phenoxy) is 2. The van der Waals surface area contributed by atoms with Gasteiger partial charge in [-0.15, -0.1) is 18.2 Å². The number of thioether (sulfide) groups is 1. The van der Waals surface area contributed by atoms with Crippen LogP contribution in [-0.2, 0) is 4.79 Å². The number of halogens is 1. The highest BCUT2D eigenvalue weighted by atomic mass is 35.5. The zero-order valence-corrected chi connectivity index (χ0v) is 13.5. The monoisotopic (exact) mass is 341 g/mol. The number of carboxylic acids is 1. The van der Waals surface area contributed by atoms with Crippen LogP contribution in [0.4, 0.5) is 0 Å². The van der Waals surface area contributed by atoms with Gasteiger partial charge in [0.15, 0.2) is 11.5 Å². The minimum atomic E-state index is -0.861. The Kier molecular flexibility index (Phi) is 5.83. The van der Waals surface area contributed by atoms with E-state index < -0.39 is 12.0 Å². The van der Waals surface area contributed by atoms with Crippen LogP contribution in [0.3, 0.4) is 0 Å². The highest BCUT2D eigenvalue weighted by Crippen LogP contribution is 2.42. The summed E-state index contributed by atoms with van der Waals surface area (Å²) in [5, 5.41) is 12.3. The van der Waals surface area contributed by atoms with Crippen LogP contribution in [0.5, 0.6) is 11.5 Å². The molecule has 1 fully saturated rings. The molecule has 1 aromatic carbocycles. The summed E-state index contributed by atoms with van der Waals surface area (Å²) >= 11 is 7.77. The van der Waals surface area contributed by atoms with E-state index >= 15 is 0 Å². The number of nitrogens with one attached hydrogen (secondary N) is 1. The lowest BCUT2D eigenvalue weighted by Crippen LogP contribution is -2.33. The molecule has 1 saturated heterocycles. The SMILES string of the molecule is C#CCOc1c(Cl)cc([C@H]2N[C@H](C(=O)O)CS2)cc1OCC. The van der Waals surface area contributed by atoms with E-state index in [0.717, 1.165) is 5.56 Å². The first kappa shape index (κ1) is 16.8. The summed E-state index contributed by atoms with van der Waals surface area (Å²) < 4.78 is 11.0. The number of hydrogen-bond donors (Lipinski definition) is 2. The summed E-state index contributed by atoms with van der Waals surface area (Å²) in [5.74, 6) is 2.93. The van der Waals surface area contributed by atoms with Gasteiger partial charge in [0.2, 0.25) is 0 Å². The first-order chi connectivity index (χ1) is 10.6.